The lowest BCUT2D eigenvalue weighted by Crippen LogP contribution is -2.44. The first-order valence-electron chi connectivity index (χ1n) is 6.26. The van der Waals surface area contributed by atoms with Gasteiger partial charge in [-0.25, -0.2) is 0 Å². The van der Waals surface area contributed by atoms with Crippen LogP contribution in [0, 0.1) is 16.0 Å². The number of aromatic nitrogens is 1. The summed E-state index contributed by atoms with van der Waals surface area (Å²) in [6.07, 6.45) is 1.36. The van der Waals surface area contributed by atoms with Crippen LogP contribution in [0.5, 0.6) is 0 Å². The Kier molecular flexibility index (Phi) is 5.05. The normalized spacial score (nSPS) is 12.5. The fourth-order valence-electron chi connectivity index (χ4n) is 1.79. The van der Waals surface area contributed by atoms with Gasteiger partial charge in [0.15, 0.2) is 0 Å². The maximum Gasteiger partial charge on any atom is 0.287 e. The zero-order chi connectivity index (χ0) is 14.6. The Labute approximate surface area is 111 Å². The quantitative estimate of drug-likeness (QED) is 0.596. The summed E-state index contributed by atoms with van der Waals surface area (Å²) in [4.78, 5) is 22.3. The van der Waals surface area contributed by atoms with Gasteiger partial charge < -0.3 is 15.6 Å². The van der Waals surface area contributed by atoms with Gasteiger partial charge in [0.1, 0.15) is 5.69 Å². The molecule has 0 spiro atoms. The summed E-state index contributed by atoms with van der Waals surface area (Å²) >= 11 is 0. The lowest BCUT2D eigenvalue weighted by atomic mass is 10.0. The van der Waals surface area contributed by atoms with Crippen LogP contribution in [0.1, 0.15) is 31.3 Å². The summed E-state index contributed by atoms with van der Waals surface area (Å²) in [7, 11) is 0. The smallest absolute Gasteiger partial charge is 0.287 e. The summed E-state index contributed by atoms with van der Waals surface area (Å²) < 4.78 is 1.56. The van der Waals surface area contributed by atoms with Gasteiger partial charge in [-0.3, -0.25) is 14.9 Å². The van der Waals surface area contributed by atoms with Crippen molar-refractivity contribution in [2.24, 2.45) is 11.7 Å². The van der Waals surface area contributed by atoms with Crippen LogP contribution in [0.15, 0.2) is 12.3 Å². The average Bonchev–Trinajstić information content (AvgIpc) is 2.79. The molecule has 0 radical (unpaired) electrons. The van der Waals surface area contributed by atoms with Crippen molar-refractivity contribution in [3.63, 3.8) is 0 Å². The van der Waals surface area contributed by atoms with Crippen molar-refractivity contribution in [3.8, 4) is 0 Å². The first-order valence-corrected chi connectivity index (χ1v) is 6.26. The summed E-state index contributed by atoms with van der Waals surface area (Å²) in [5.41, 5.74) is 5.80. The second-order valence-electron chi connectivity index (χ2n) is 4.69. The maximum absolute atomic E-state index is 12.1. The molecule has 0 fully saturated rings. The molecule has 0 saturated carbocycles. The van der Waals surface area contributed by atoms with E-state index in [9.17, 15) is 14.9 Å². The third kappa shape index (κ3) is 3.54. The predicted octanol–water partition coefficient (Wildman–Crippen LogP) is 1.13. The number of carbonyl (C=O) groups is 1. The van der Waals surface area contributed by atoms with Gasteiger partial charge in [-0.2, -0.15) is 0 Å². The highest BCUT2D eigenvalue weighted by Gasteiger charge is 2.21. The van der Waals surface area contributed by atoms with Crippen molar-refractivity contribution >= 4 is 11.6 Å². The first kappa shape index (κ1) is 15.2. The molecule has 7 heteroatoms. The summed E-state index contributed by atoms with van der Waals surface area (Å²) in [5, 5.41) is 13.5. The number of nitrogens with one attached hydrogen (secondary N) is 1. The van der Waals surface area contributed by atoms with Gasteiger partial charge in [0, 0.05) is 25.2 Å². The number of nitrogens with zero attached hydrogens (tertiary/aromatic N) is 2. The van der Waals surface area contributed by atoms with E-state index in [4.69, 9.17) is 5.73 Å². The van der Waals surface area contributed by atoms with Crippen LogP contribution in [-0.2, 0) is 6.54 Å². The Morgan fingerprint density at radius 2 is 2.21 bits per heavy atom. The topological polar surface area (TPSA) is 103 Å². The summed E-state index contributed by atoms with van der Waals surface area (Å²) in [5.74, 6) is -0.131. The number of amides is 1. The van der Waals surface area contributed by atoms with Crippen LogP contribution in [0.3, 0.4) is 0 Å². The van der Waals surface area contributed by atoms with Crippen molar-refractivity contribution in [2.45, 2.75) is 33.4 Å². The van der Waals surface area contributed by atoms with Crippen molar-refractivity contribution in [2.75, 3.05) is 6.54 Å². The van der Waals surface area contributed by atoms with E-state index in [0.29, 0.717) is 13.1 Å². The number of nitrogens with two attached hydrogens (primary N) is 1. The first-order chi connectivity index (χ1) is 8.90. The minimum atomic E-state index is -0.508. The fraction of sp³-hybridized carbons (Fsp3) is 0.583. The van der Waals surface area contributed by atoms with Crippen LogP contribution in [0.25, 0.3) is 0 Å². The van der Waals surface area contributed by atoms with Gasteiger partial charge in [-0.15, -0.1) is 0 Å². The molecule has 7 nitrogen and oxygen atoms in total. The molecule has 0 bridgehead atoms. The van der Waals surface area contributed by atoms with E-state index in [1.54, 1.807) is 4.57 Å². The molecular weight excluding hydrogens is 248 g/mol. The molecule has 1 rings (SSSR count). The number of carbonyl (C=O) groups excluding carboxylic acids is 1. The van der Waals surface area contributed by atoms with E-state index < -0.39 is 4.92 Å². The molecule has 0 aliphatic heterocycles. The fourth-order valence-corrected chi connectivity index (χ4v) is 1.79. The largest absolute Gasteiger partial charge is 0.346 e. The third-order valence-electron chi connectivity index (χ3n) is 3.04. The standard InChI is InChI=1S/C12H20N4O3/c1-4-15-7-9(16(18)19)5-11(15)12(17)14-10(6-13)8(2)3/h5,7-8,10H,4,6,13H2,1-3H3,(H,14,17). The minimum absolute atomic E-state index is 0.0826. The Balaban J connectivity index is 2.95. The molecular formula is C12H20N4O3. The number of hydrogen-bond donors (Lipinski definition) is 2. The molecule has 1 aromatic rings. The Bertz CT molecular complexity index is 468. The molecule has 1 unspecified atom stereocenters. The predicted molar refractivity (Wildman–Crippen MR) is 71.9 cm³/mol. The number of nitro groups is 1. The lowest BCUT2D eigenvalue weighted by molar-refractivity contribution is -0.384. The SMILES string of the molecule is CCn1cc([N+](=O)[O-])cc1C(=O)NC(CN)C(C)C. The minimum Gasteiger partial charge on any atom is -0.346 e. The molecule has 1 aromatic heterocycles. The molecule has 3 N–H and O–H groups in total. The van der Waals surface area contributed by atoms with E-state index in [1.807, 2.05) is 20.8 Å². The highest BCUT2D eigenvalue weighted by Crippen LogP contribution is 2.16. The van der Waals surface area contributed by atoms with Gasteiger partial charge in [0.05, 0.1) is 11.1 Å². The third-order valence-corrected chi connectivity index (χ3v) is 3.04. The lowest BCUT2D eigenvalue weighted by Gasteiger charge is -2.20. The van der Waals surface area contributed by atoms with Gasteiger partial charge in [0.2, 0.25) is 0 Å². The van der Waals surface area contributed by atoms with Crippen molar-refractivity contribution in [3.05, 3.63) is 28.1 Å². The molecule has 0 saturated heterocycles. The highest BCUT2D eigenvalue weighted by atomic mass is 16.6. The number of hydrogen-bond acceptors (Lipinski definition) is 4. The molecule has 0 aromatic carbocycles. The van der Waals surface area contributed by atoms with Crippen LogP contribution in [0.2, 0.25) is 0 Å². The Morgan fingerprint density at radius 1 is 1.58 bits per heavy atom. The summed E-state index contributed by atoms with van der Waals surface area (Å²) in [6.45, 7) is 6.56. The van der Waals surface area contributed by atoms with Crippen LogP contribution < -0.4 is 11.1 Å². The van der Waals surface area contributed by atoms with Crippen molar-refractivity contribution in [1.82, 2.24) is 9.88 Å². The van der Waals surface area contributed by atoms with Crippen molar-refractivity contribution in [1.29, 1.82) is 0 Å². The number of rotatable bonds is 6. The average molecular weight is 268 g/mol. The monoisotopic (exact) mass is 268 g/mol. The Morgan fingerprint density at radius 3 is 2.63 bits per heavy atom. The van der Waals surface area contributed by atoms with E-state index in [2.05, 4.69) is 5.32 Å². The molecule has 1 atom stereocenters. The molecule has 1 amide bonds. The maximum atomic E-state index is 12.1. The van der Waals surface area contributed by atoms with Gasteiger partial charge >= 0.3 is 0 Å². The molecule has 0 aliphatic rings. The molecule has 1 heterocycles. The van der Waals surface area contributed by atoms with Gasteiger partial charge in [-0.1, -0.05) is 13.8 Å². The zero-order valence-corrected chi connectivity index (χ0v) is 11.4. The highest BCUT2D eigenvalue weighted by molar-refractivity contribution is 5.93. The summed E-state index contributed by atoms with van der Waals surface area (Å²) in [6, 6.07) is 1.14. The Hall–Kier alpha value is -1.89. The second-order valence-corrected chi connectivity index (χ2v) is 4.69. The molecule has 106 valence electrons. The molecule has 19 heavy (non-hydrogen) atoms. The van der Waals surface area contributed by atoms with Gasteiger partial charge in [0.25, 0.3) is 11.6 Å². The van der Waals surface area contributed by atoms with Gasteiger partial charge in [-0.05, 0) is 12.8 Å². The molecule has 0 aliphatic carbocycles. The van der Waals surface area contributed by atoms with E-state index in [1.165, 1.54) is 12.3 Å². The van der Waals surface area contributed by atoms with Crippen molar-refractivity contribution < 1.29 is 9.72 Å². The van der Waals surface area contributed by atoms with Crippen LogP contribution in [0.4, 0.5) is 5.69 Å². The van der Waals surface area contributed by atoms with Crippen LogP contribution in [-0.4, -0.2) is 28.0 Å². The zero-order valence-electron chi connectivity index (χ0n) is 11.4. The van der Waals surface area contributed by atoms with E-state index in [0.717, 1.165) is 0 Å². The number of aryl methyl sites for hydroxylation is 1. The second kappa shape index (κ2) is 6.33. The van der Waals surface area contributed by atoms with E-state index >= 15 is 0 Å². The van der Waals surface area contributed by atoms with Crippen LogP contribution >= 0.6 is 0 Å². The van der Waals surface area contributed by atoms with E-state index in [-0.39, 0.29) is 29.2 Å².